The van der Waals surface area contributed by atoms with Gasteiger partial charge in [0.05, 0.1) is 11.4 Å². The standard InChI is InChI=1S/C16H19BrN2O4S/c1-12-6-7-14(23-12)11-19(2)16(20)8-9-18-24(21,22)15-5-3-4-13(17)10-15/h3-7,10,18H,8-9,11H2,1-2H3. The van der Waals surface area contributed by atoms with Crippen molar-refractivity contribution in [3.63, 3.8) is 0 Å². The summed E-state index contributed by atoms with van der Waals surface area (Å²) in [6.07, 6.45) is 0.0728. The molecule has 24 heavy (non-hydrogen) atoms. The zero-order valence-electron chi connectivity index (χ0n) is 13.5. The van der Waals surface area contributed by atoms with Crippen molar-refractivity contribution in [2.75, 3.05) is 13.6 Å². The third-order valence-corrected chi connectivity index (χ3v) is 5.30. The lowest BCUT2D eigenvalue weighted by Crippen LogP contribution is -2.31. The Labute approximate surface area is 150 Å². The fraction of sp³-hybridized carbons (Fsp3) is 0.312. The van der Waals surface area contributed by atoms with Crippen LogP contribution in [0.3, 0.4) is 0 Å². The second kappa shape index (κ2) is 7.96. The predicted octanol–water partition coefficient (Wildman–Crippen LogP) is 2.68. The maximum absolute atomic E-state index is 12.2. The molecule has 0 radical (unpaired) electrons. The van der Waals surface area contributed by atoms with E-state index in [0.717, 1.165) is 5.76 Å². The molecular formula is C16H19BrN2O4S. The summed E-state index contributed by atoms with van der Waals surface area (Å²) in [7, 11) is -1.97. The molecule has 1 amide bonds. The second-order valence-electron chi connectivity index (χ2n) is 5.37. The molecule has 6 nitrogen and oxygen atoms in total. The van der Waals surface area contributed by atoms with E-state index in [1.807, 2.05) is 19.1 Å². The third kappa shape index (κ3) is 5.19. The molecular weight excluding hydrogens is 396 g/mol. The van der Waals surface area contributed by atoms with E-state index in [2.05, 4.69) is 20.7 Å². The average molecular weight is 415 g/mol. The van der Waals surface area contributed by atoms with Crippen molar-refractivity contribution >= 4 is 31.9 Å². The monoisotopic (exact) mass is 414 g/mol. The van der Waals surface area contributed by atoms with Gasteiger partial charge in [0.1, 0.15) is 11.5 Å². The molecule has 0 bridgehead atoms. The van der Waals surface area contributed by atoms with Crippen LogP contribution in [-0.2, 0) is 21.4 Å². The fourth-order valence-electron chi connectivity index (χ4n) is 2.09. The zero-order chi connectivity index (χ0) is 17.7. The predicted molar refractivity (Wildman–Crippen MR) is 93.9 cm³/mol. The number of carbonyl (C=O) groups excluding carboxylic acids is 1. The Kier molecular flexibility index (Phi) is 6.20. The van der Waals surface area contributed by atoms with Crippen molar-refractivity contribution < 1.29 is 17.6 Å². The highest BCUT2D eigenvalue weighted by Crippen LogP contribution is 2.16. The van der Waals surface area contributed by atoms with Gasteiger partial charge in [-0.3, -0.25) is 4.79 Å². The lowest BCUT2D eigenvalue weighted by molar-refractivity contribution is -0.130. The summed E-state index contributed by atoms with van der Waals surface area (Å²) < 4.78 is 32.9. The number of rotatable bonds is 7. The van der Waals surface area contributed by atoms with E-state index in [0.29, 0.717) is 16.8 Å². The highest BCUT2D eigenvalue weighted by atomic mass is 79.9. The largest absolute Gasteiger partial charge is 0.464 e. The van der Waals surface area contributed by atoms with Crippen molar-refractivity contribution in [3.8, 4) is 0 Å². The van der Waals surface area contributed by atoms with Gasteiger partial charge in [-0.15, -0.1) is 0 Å². The number of nitrogens with one attached hydrogen (secondary N) is 1. The van der Waals surface area contributed by atoms with Gasteiger partial charge in [0, 0.05) is 24.5 Å². The first-order chi connectivity index (χ1) is 11.3. The van der Waals surface area contributed by atoms with Crippen LogP contribution < -0.4 is 4.72 Å². The Morgan fingerprint density at radius 3 is 2.67 bits per heavy atom. The smallest absolute Gasteiger partial charge is 0.240 e. The quantitative estimate of drug-likeness (QED) is 0.754. The van der Waals surface area contributed by atoms with Crippen LogP contribution in [0.2, 0.25) is 0 Å². The van der Waals surface area contributed by atoms with Crippen molar-refractivity contribution in [3.05, 3.63) is 52.4 Å². The number of furan rings is 1. The third-order valence-electron chi connectivity index (χ3n) is 3.35. The Morgan fingerprint density at radius 1 is 1.29 bits per heavy atom. The molecule has 0 aliphatic rings. The summed E-state index contributed by atoms with van der Waals surface area (Å²) in [4.78, 5) is 13.7. The van der Waals surface area contributed by atoms with E-state index in [-0.39, 0.29) is 23.8 Å². The SMILES string of the molecule is Cc1ccc(CN(C)C(=O)CCNS(=O)(=O)c2cccc(Br)c2)o1. The summed E-state index contributed by atoms with van der Waals surface area (Å²) in [5.41, 5.74) is 0. The molecule has 2 rings (SSSR count). The summed E-state index contributed by atoms with van der Waals surface area (Å²) >= 11 is 3.24. The first-order valence-electron chi connectivity index (χ1n) is 7.32. The van der Waals surface area contributed by atoms with Crippen molar-refractivity contribution in [2.24, 2.45) is 0 Å². The molecule has 0 unspecified atom stereocenters. The summed E-state index contributed by atoms with van der Waals surface area (Å²) in [5, 5.41) is 0. The fourth-order valence-corrected chi connectivity index (χ4v) is 3.72. The van der Waals surface area contributed by atoms with Crippen LogP contribution in [0, 0.1) is 6.92 Å². The van der Waals surface area contributed by atoms with Crippen LogP contribution in [0.5, 0.6) is 0 Å². The number of aryl methyl sites for hydroxylation is 1. The minimum absolute atomic E-state index is 0.0369. The number of nitrogens with zero attached hydrogens (tertiary/aromatic N) is 1. The van der Waals surface area contributed by atoms with Crippen LogP contribution >= 0.6 is 15.9 Å². The Bertz CT molecular complexity index is 817. The van der Waals surface area contributed by atoms with Gasteiger partial charge in [0.25, 0.3) is 0 Å². The molecule has 1 heterocycles. The summed E-state index contributed by atoms with van der Waals surface area (Å²) in [5.74, 6) is 1.31. The van der Waals surface area contributed by atoms with E-state index in [1.165, 1.54) is 17.0 Å². The highest BCUT2D eigenvalue weighted by molar-refractivity contribution is 9.10. The highest BCUT2D eigenvalue weighted by Gasteiger charge is 2.16. The number of sulfonamides is 1. The van der Waals surface area contributed by atoms with E-state index >= 15 is 0 Å². The summed E-state index contributed by atoms with van der Waals surface area (Å²) in [6.45, 7) is 2.22. The van der Waals surface area contributed by atoms with Gasteiger partial charge in [0.2, 0.25) is 15.9 Å². The van der Waals surface area contributed by atoms with Crippen LogP contribution in [0.1, 0.15) is 17.9 Å². The molecule has 0 spiro atoms. The molecule has 1 aromatic heterocycles. The van der Waals surface area contributed by atoms with Gasteiger partial charge in [-0.2, -0.15) is 0 Å². The molecule has 0 fully saturated rings. The van der Waals surface area contributed by atoms with Crippen LogP contribution in [0.25, 0.3) is 0 Å². The van der Waals surface area contributed by atoms with Crippen LogP contribution in [0.15, 0.2) is 50.2 Å². The number of halogens is 1. The maximum Gasteiger partial charge on any atom is 0.240 e. The molecule has 1 aromatic carbocycles. The average Bonchev–Trinajstić information content (AvgIpc) is 2.92. The lowest BCUT2D eigenvalue weighted by atomic mass is 10.3. The minimum atomic E-state index is -3.63. The van der Waals surface area contributed by atoms with E-state index in [1.54, 1.807) is 19.2 Å². The van der Waals surface area contributed by atoms with E-state index in [4.69, 9.17) is 4.42 Å². The Balaban J connectivity index is 1.85. The first-order valence-corrected chi connectivity index (χ1v) is 9.60. The molecule has 1 N–H and O–H groups in total. The molecule has 130 valence electrons. The second-order valence-corrected chi connectivity index (χ2v) is 8.05. The number of benzene rings is 1. The topological polar surface area (TPSA) is 79.6 Å². The molecule has 0 aliphatic heterocycles. The van der Waals surface area contributed by atoms with Crippen molar-refractivity contribution in [1.82, 2.24) is 9.62 Å². The number of carbonyl (C=O) groups is 1. The minimum Gasteiger partial charge on any atom is -0.464 e. The molecule has 0 aliphatic carbocycles. The number of amides is 1. The van der Waals surface area contributed by atoms with E-state index in [9.17, 15) is 13.2 Å². The van der Waals surface area contributed by atoms with Crippen molar-refractivity contribution in [2.45, 2.75) is 24.8 Å². The van der Waals surface area contributed by atoms with Crippen LogP contribution in [0.4, 0.5) is 0 Å². The van der Waals surface area contributed by atoms with Crippen molar-refractivity contribution in [1.29, 1.82) is 0 Å². The van der Waals surface area contributed by atoms with Gasteiger partial charge in [-0.25, -0.2) is 13.1 Å². The Morgan fingerprint density at radius 2 is 2.04 bits per heavy atom. The van der Waals surface area contributed by atoms with Gasteiger partial charge >= 0.3 is 0 Å². The zero-order valence-corrected chi connectivity index (χ0v) is 15.9. The van der Waals surface area contributed by atoms with Gasteiger partial charge in [0.15, 0.2) is 0 Å². The van der Waals surface area contributed by atoms with Crippen LogP contribution in [-0.4, -0.2) is 32.8 Å². The van der Waals surface area contributed by atoms with E-state index < -0.39 is 10.0 Å². The maximum atomic E-state index is 12.2. The molecule has 2 aromatic rings. The number of hydrogen-bond acceptors (Lipinski definition) is 4. The molecule has 0 saturated heterocycles. The van der Waals surface area contributed by atoms with Gasteiger partial charge in [-0.05, 0) is 37.3 Å². The summed E-state index contributed by atoms with van der Waals surface area (Å²) in [6, 6.07) is 10.0. The van der Waals surface area contributed by atoms with Gasteiger partial charge in [-0.1, -0.05) is 22.0 Å². The normalized spacial score (nSPS) is 11.5. The first kappa shape index (κ1) is 18.7. The van der Waals surface area contributed by atoms with Gasteiger partial charge < -0.3 is 9.32 Å². The molecule has 8 heteroatoms. The lowest BCUT2D eigenvalue weighted by Gasteiger charge is -2.16. The molecule has 0 atom stereocenters. The Hall–Kier alpha value is -1.64. The number of hydrogen-bond donors (Lipinski definition) is 1. The molecule has 0 saturated carbocycles.